The van der Waals surface area contributed by atoms with Crippen molar-refractivity contribution in [3.05, 3.63) is 47.1 Å². The quantitative estimate of drug-likeness (QED) is 0.350. The Morgan fingerprint density at radius 1 is 1.26 bits per heavy atom. The molecule has 3 heteroatoms. The van der Waals surface area contributed by atoms with E-state index in [0.717, 1.165) is 6.42 Å². The van der Waals surface area contributed by atoms with E-state index >= 15 is 0 Å². The first-order valence-electron chi connectivity index (χ1n) is 10.1. The van der Waals surface area contributed by atoms with Crippen LogP contribution in [0.1, 0.15) is 74.1 Å². The van der Waals surface area contributed by atoms with E-state index in [9.17, 15) is 4.79 Å². The van der Waals surface area contributed by atoms with Gasteiger partial charge in [0.2, 0.25) is 0 Å². The highest BCUT2D eigenvalue weighted by Gasteiger charge is 2.27. The number of carbonyl (C=O) groups excluding carboxylic acids is 1. The van der Waals surface area contributed by atoms with Crippen LogP contribution in [-0.2, 0) is 14.3 Å². The molecule has 1 unspecified atom stereocenters. The lowest BCUT2D eigenvalue weighted by molar-refractivity contribution is -0.139. The molecule has 0 heterocycles. The van der Waals surface area contributed by atoms with Crippen molar-refractivity contribution in [3.63, 3.8) is 0 Å². The zero-order valence-corrected chi connectivity index (χ0v) is 18.4. The molecular formula is C24H38O3. The smallest absolute Gasteiger partial charge is 0.302 e. The van der Waals surface area contributed by atoms with Crippen molar-refractivity contribution in [1.82, 2.24) is 0 Å². The van der Waals surface area contributed by atoms with E-state index in [1.54, 1.807) is 0 Å². The number of allylic oxidation sites excluding steroid dienone is 5. The third-order valence-corrected chi connectivity index (χ3v) is 5.19. The van der Waals surface area contributed by atoms with Gasteiger partial charge in [0.1, 0.15) is 12.2 Å². The molecule has 1 aliphatic rings. The maximum atomic E-state index is 10.8. The number of hydrogen-bond donors (Lipinski definition) is 0. The molecule has 3 nitrogen and oxygen atoms in total. The third-order valence-electron chi connectivity index (χ3n) is 5.19. The summed E-state index contributed by atoms with van der Waals surface area (Å²) in [7, 11) is 0. The highest BCUT2D eigenvalue weighted by Crippen LogP contribution is 2.41. The Morgan fingerprint density at radius 3 is 2.56 bits per heavy atom. The first kappa shape index (κ1) is 23.4. The lowest BCUT2D eigenvalue weighted by atomic mass is 9.72. The minimum absolute atomic E-state index is 0.228. The van der Waals surface area contributed by atoms with Gasteiger partial charge >= 0.3 is 5.97 Å². The van der Waals surface area contributed by atoms with Gasteiger partial charge in [-0.25, -0.2) is 0 Å². The molecule has 0 spiro atoms. The van der Waals surface area contributed by atoms with Crippen LogP contribution in [-0.4, -0.2) is 24.8 Å². The first-order valence-corrected chi connectivity index (χ1v) is 10.1. The molecule has 0 bridgehead atoms. The van der Waals surface area contributed by atoms with Gasteiger partial charge in [-0.1, -0.05) is 43.2 Å². The first-order chi connectivity index (χ1) is 12.6. The zero-order valence-electron chi connectivity index (χ0n) is 18.4. The summed E-state index contributed by atoms with van der Waals surface area (Å²) in [5.74, 6) is -0.251. The molecule has 0 aromatic heterocycles. The average Bonchev–Trinajstić information content (AvgIpc) is 2.53. The maximum absolute atomic E-state index is 10.8. The summed E-state index contributed by atoms with van der Waals surface area (Å²) in [6.07, 6.45) is 15.2. The minimum Gasteiger partial charge on any atom is -0.462 e. The molecular weight excluding hydrogens is 336 g/mol. The molecule has 0 aromatic rings. The monoisotopic (exact) mass is 374 g/mol. The Bertz CT molecular complexity index is 620. The van der Waals surface area contributed by atoms with Gasteiger partial charge in [-0.2, -0.15) is 0 Å². The summed E-state index contributed by atoms with van der Waals surface area (Å²) >= 11 is 0. The molecule has 152 valence electrons. The Morgan fingerprint density at radius 2 is 1.96 bits per heavy atom. The van der Waals surface area contributed by atoms with Crippen molar-refractivity contribution in [2.45, 2.75) is 79.8 Å². The van der Waals surface area contributed by atoms with Crippen LogP contribution >= 0.6 is 0 Å². The summed E-state index contributed by atoms with van der Waals surface area (Å²) in [6.45, 7) is 15.5. The Balaban J connectivity index is 2.84. The second-order valence-corrected chi connectivity index (χ2v) is 8.34. The van der Waals surface area contributed by atoms with Crippen LogP contribution in [0.4, 0.5) is 0 Å². The van der Waals surface area contributed by atoms with E-state index in [0.29, 0.717) is 13.2 Å². The van der Waals surface area contributed by atoms with E-state index in [2.05, 4.69) is 52.0 Å². The summed E-state index contributed by atoms with van der Waals surface area (Å²) in [5.41, 5.74) is 3.92. The zero-order chi connectivity index (χ0) is 20.5. The molecule has 1 atom stereocenters. The molecule has 0 fully saturated rings. The molecule has 0 aliphatic heterocycles. The van der Waals surface area contributed by atoms with E-state index in [4.69, 9.17) is 9.47 Å². The van der Waals surface area contributed by atoms with Crippen molar-refractivity contribution in [2.24, 2.45) is 5.41 Å². The fraction of sp³-hybridized carbons (Fsp3) is 0.625. The van der Waals surface area contributed by atoms with Crippen LogP contribution in [0.2, 0.25) is 0 Å². The summed E-state index contributed by atoms with van der Waals surface area (Å²) in [4.78, 5) is 10.8. The maximum Gasteiger partial charge on any atom is 0.302 e. The van der Waals surface area contributed by atoms with Crippen molar-refractivity contribution >= 4 is 5.97 Å². The standard InChI is InChI=1S/C24H38O3/c1-8-27-24(7,16-9-11-19(2)14-18-26-21(4)25)17-13-22-20(3)12-10-15-23(22,5)6/h9,13-14,16-17H,8,10-12,15,18H2,1-7H3/b16-9+,17-13+,19-14+. The average molecular weight is 375 g/mol. The van der Waals surface area contributed by atoms with E-state index < -0.39 is 5.60 Å². The number of hydrogen-bond acceptors (Lipinski definition) is 3. The summed E-state index contributed by atoms with van der Waals surface area (Å²) in [5, 5.41) is 0. The van der Waals surface area contributed by atoms with E-state index in [1.165, 1.54) is 42.9 Å². The Labute approximate surface area is 166 Å². The molecule has 0 N–H and O–H groups in total. The topological polar surface area (TPSA) is 35.5 Å². The van der Waals surface area contributed by atoms with E-state index in [-0.39, 0.29) is 11.4 Å². The van der Waals surface area contributed by atoms with Gasteiger partial charge in [-0.3, -0.25) is 4.79 Å². The summed E-state index contributed by atoms with van der Waals surface area (Å²) < 4.78 is 11.0. The lowest BCUT2D eigenvalue weighted by Crippen LogP contribution is -2.24. The molecule has 0 radical (unpaired) electrons. The van der Waals surface area contributed by atoms with Gasteiger partial charge in [-0.15, -0.1) is 0 Å². The molecule has 0 aromatic carbocycles. The molecule has 1 rings (SSSR count). The molecule has 0 saturated heterocycles. The number of esters is 1. The fourth-order valence-electron chi connectivity index (χ4n) is 3.59. The van der Waals surface area contributed by atoms with Gasteiger partial charge < -0.3 is 9.47 Å². The highest BCUT2D eigenvalue weighted by molar-refractivity contribution is 5.66. The van der Waals surface area contributed by atoms with E-state index in [1.807, 2.05) is 19.9 Å². The van der Waals surface area contributed by atoms with Crippen LogP contribution in [0.5, 0.6) is 0 Å². The summed E-state index contributed by atoms with van der Waals surface area (Å²) in [6, 6.07) is 0. The van der Waals surface area contributed by atoms with Crippen LogP contribution < -0.4 is 0 Å². The third kappa shape index (κ3) is 8.30. The van der Waals surface area contributed by atoms with Crippen molar-refractivity contribution in [3.8, 4) is 0 Å². The second-order valence-electron chi connectivity index (χ2n) is 8.34. The van der Waals surface area contributed by atoms with Gasteiger partial charge in [0.15, 0.2) is 0 Å². The van der Waals surface area contributed by atoms with Crippen molar-refractivity contribution < 1.29 is 14.3 Å². The second kappa shape index (κ2) is 10.7. The van der Waals surface area contributed by atoms with Crippen LogP contribution in [0.15, 0.2) is 47.1 Å². The predicted molar refractivity (Wildman–Crippen MR) is 114 cm³/mol. The van der Waals surface area contributed by atoms with Gasteiger partial charge in [-0.05, 0) is 76.5 Å². The molecule has 1 aliphatic carbocycles. The highest BCUT2D eigenvalue weighted by atomic mass is 16.5. The van der Waals surface area contributed by atoms with Crippen LogP contribution in [0, 0.1) is 5.41 Å². The number of carbonyl (C=O) groups is 1. The fourth-order valence-corrected chi connectivity index (χ4v) is 3.59. The normalized spacial score (nSPS) is 20.3. The predicted octanol–water partition coefficient (Wildman–Crippen LogP) is 6.32. The Hall–Kier alpha value is -1.61. The number of rotatable bonds is 9. The molecule has 0 amide bonds. The van der Waals surface area contributed by atoms with Gasteiger partial charge in [0.25, 0.3) is 0 Å². The van der Waals surface area contributed by atoms with Crippen molar-refractivity contribution in [1.29, 1.82) is 0 Å². The van der Waals surface area contributed by atoms with Crippen LogP contribution in [0.3, 0.4) is 0 Å². The van der Waals surface area contributed by atoms with Gasteiger partial charge in [0.05, 0.1) is 0 Å². The van der Waals surface area contributed by atoms with Crippen molar-refractivity contribution in [2.75, 3.05) is 13.2 Å². The largest absolute Gasteiger partial charge is 0.462 e. The SMILES string of the molecule is CCOC(C)(/C=C/C/C(C)=C/COC(C)=O)/C=C/C1=C(C)CCCC1(C)C. The Kier molecular flexibility index (Phi) is 9.25. The van der Waals surface area contributed by atoms with Crippen LogP contribution in [0.25, 0.3) is 0 Å². The minimum atomic E-state index is -0.425. The number of ether oxygens (including phenoxy) is 2. The molecule has 0 saturated carbocycles. The lowest BCUT2D eigenvalue weighted by Gasteiger charge is -2.33. The molecule has 27 heavy (non-hydrogen) atoms. The van der Waals surface area contributed by atoms with Gasteiger partial charge in [0, 0.05) is 13.5 Å².